The van der Waals surface area contributed by atoms with E-state index in [1.54, 1.807) is 6.07 Å². The van der Waals surface area contributed by atoms with E-state index in [-0.39, 0.29) is 5.02 Å². The zero-order valence-electron chi connectivity index (χ0n) is 10.8. The molecule has 0 aromatic heterocycles. The summed E-state index contributed by atoms with van der Waals surface area (Å²) < 4.78 is 13.3. The molecule has 6 heteroatoms. The van der Waals surface area contributed by atoms with Gasteiger partial charge in [0.05, 0.1) is 5.02 Å². The lowest BCUT2D eigenvalue weighted by molar-refractivity contribution is 0.191. The molecule has 19 heavy (non-hydrogen) atoms. The molecule has 1 aliphatic heterocycles. The summed E-state index contributed by atoms with van der Waals surface area (Å²) in [4.78, 5) is 4.48. The largest absolute Gasteiger partial charge is 0.346 e. The van der Waals surface area contributed by atoms with Crippen molar-refractivity contribution in [3.8, 4) is 0 Å². The molecule has 1 aliphatic rings. The molecule has 1 heterocycles. The van der Waals surface area contributed by atoms with Crippen LogP contribution in [0, 0.1) is 5.82 Å². The van der Waals surface area contributed by atoms with E-state index in [4.69, 9.17) is 23.8 Å². The number of halogens is 2. The van der Waals surface area contributed by atoms with Crippen molar-refractivity contribution in [1.29, 1.82) is 0 Å². The average molecular weight is 302 g/mol. The molecular weight excluding hydrogens is 285 g/mol. The molecule has 0 aliphatic carbocycles. The first-order chi connectivity index (χ1) is 9.10. The van der Waals surface area contributed by atoms with Crippen LogP contribution < -0.4 is 5.32 Å². The minimum Gasteiger partial charge on any atom is -0.346 e. The second-order valence-electron chi connectivity index (χ2n) is 4.48. The van der Waals surface area contributed by atoms with Gasteiger partial charge in [-0.2, -0.15) is 0 Å². The van der Waals surface area contributed by atoms with Gasteiger partial charge >= 0.3 is 0 Å². The summed E-state index contributed by atoms with van der Waals surface area (Å²) in [6.45, 7) is 7.03. The van der Waals surface area contributed by atoms with Gasteiger partial charge in [0.2, 0.25) is 0 Å². The molecule has 0 amide bonds. The van der Waals surface area contributed by atoms with Gasteiger partial charge in [0, 0.05) is 31.9 Å². The lowest BCUT2D eigenvalue weighted by Gasteiger charge is -2.35. The molecule has 1 aromatic carbocycles. The fraction of sp³-hybridized carbons (Fsp3) is 0.462. The van der Waals surface area contributed by atoms with Crippen LogP contribution >= 0.6 is 23.8 Å². The van der Waals surface area contributed by atoms with Gasteiger partial charge in [-0.3, -0.25) is 0 Å². The van der Waals surface area contributed by atoms with Crippen molar-refractivity contribution in [3.63, 3.8) is 0 Å². The standard InChI is InChI=1S/C13H17ClFN3S/c1-2-17-5-7-18(8-6-17)13(19)16-10-3-4-11(14)12(15)9-10/h3-4,9H,2,5-8H2,1H3,(H,16,19). The highest BCUT2D eigenvalue weighted by Crippen LogP contribution is 2.19. The maximum absolute atomic E-state index is 13.3. The molecule has 0 atom stereocenters. The van der Waals surface area contributed by atoms with Crippen LogP contribution in [0.15, 0.2) is 18.2 Å². The number of nitrogens with one attached hydrogen (secondary N) is 1. The number of hydrogen-bond donors (Lipinski definition) is 1. The van der Waals surface area contributed by atoms with E-state index in [0.717, 1.165) is 32.7 Å². The van der Waals surface area contributed by atoms with Crippen molar-refractivity contribution in [2.75, 3.05) is 38.0 Å². The zero-order chi connectivity index (χ0) is 13.8. The van der Waals surface area contributed by atoms with Crippen molar-refractivity contribution in [1.82, 2.24) is 9.80 Å². The molecule has 0 radical (unpaired) electrons. The summed E-state index contributed by atoms with van der Waals surface area (Å²) in [5, 5.41) is 3.81. The van der Waals surface area contributed by atoms with Gasteiger partial charge in [-0.1, -0.05) is 18.5 Å². The Bertz CT molecular complexity index is 461. The Balaban J connectivity index is 1.92. The summed E-state index contributed by atoms with van der Waals surface area (Å²) in [7, 11) is 0. The summed E-state index contributed by atoms with van der Waals surface area (Å²) in [5.41, 5.74) is 0.629. The summed E-state index contributed by atoms with van der Waals surface area (Å²) in [6, 6.07) is 4.60. The summed E-state index contributed by atoms with van der Waals surface area (Å²) >= 11 is 11.0. The molecule has 104 valence electrons. The molecule has 0 saturated carbocycles. The minimum absolute atomic E-state index is 0.119. The topological polar surface area (TPSA) is 18.5 Å². The van der Waals surface area contributed by atoms with E-state index < -0.39 is 5.82 Å². The van der Waals surface area contributed by atoms with Crippen molar-refractivity contribution in [2.45, 2.75) is 6.92 Å². The Morgan fingerprint density at radius 3 is 2.63 bits per heavy atom. The third-order valence-corrected chi connectivity index (χ3v) is 3.94. The van der Waals surface area contributed by atoms with Crippen LogP contribution in [0.3, 0.4) is 0 Å². The Hall–Kier alpha value is -0.910. The van der Waals surface area contributed by atoms with Gasteiger partial charge in [-0.15, -0.1) is 0 Å². The number of piperazine rings is 1. The normalized spacial score (nSPS) is 16.5. The molecule has 3 nitrogen and oxygen atoms in total. The lowest BCUT2D eigenvalue weighted by Crippen LogP contribution is -2.49. The summed E-state index contributed by atoms with van der Waals surface area (Å²) in [5.74, 6) is -0.440. The van der Waals surface area contributed by atoms with Crippen LogP contribution in [-0.2, 0) is 0 Å². The smallest absolute Gasteiger partial charge is 0.173 e. The second-order valence-corrected chi connectivity index (χ2v) is 5.27. The van der Waals surface area contributed by atoms with E-state index in [9.17, 15) is 4.39 Å². The third-order valence-electron chi connectivity index (χ3n) is 3.28. The van der Waals surface area contributed by atoms with Gasteiger partial charge in [0.1, 0.15) is 5.82 Å². The number of anilines is 1. The van der Waals surface area contributed by atoms with Gasteiger partial charge in [0.15, 0.2) is 5.11 Å². The van der Waals surface area contributed by atoms with Crippen LogP contribution in [0.4, 0.5) is 10.1 Å². The monoisotopic (exact) mass is 301 g/mol. The third kappa shape index (κ3) is 3.78. The first-order valence-corrected chi connectivity index (χ1v) is 7.12. The average Bonchev–Trinajstić information content (AvgIpc) is 2.43. The number of hydrogen-bond acceptors (Lipinski definition) is 2. The number of thiocarbonyl (C=S) groups is 1. The van der Waals surface area contributed by atoms with E-state index in [1.165, 1.54) is 12.1 Å². The maximum Gasteiger partial charge on any atom is 0.173 e. The molecule has 0 bridgehead atoms. The van der Waals surface area contributed by atoms with Crippen molar-refractivity contribution in [3.05, 3.63) is 29.0 Å². The fourth-order valence-corrected chi connectivity index (χ4v) is 2.46. The highest BCUT2D eigenvalue weighted by atomic mass is 35.5. The maximum atomic E-state index is 13.3. The van der Waals surface area contributed by atoms with Crippen LogP contribution in [0.2, 0.25) is 5.02 Å². The lowest BCUT2D eigenvalue weighted by atomic mass is 10.3. The summed E-state index contributed by atoms with van der Waals surface area (Å²) in [6.07, 6.45) is 0. The molecule has 0 unspecified atom stereocenters. The van der Waals surface area contributed by atoms with Crippen LogP contribution in [0.1, 0.15) is 6.92 Å². The first-order valence-electron chi connectivity index (χ1n) is 6.33. The molecular formula is C13H17ClFN3S. The van der Waals surface area contributed by atoms with E-state index >= 15 is 0 Å². The quantitative estimate of drug-likeness (QED) is 0.846. The zero-order valence-corrected chi connectivity index (χ0v) is 12.4. The molecule has 2 rings (SSSR count). The van der Waals surface area contributed by atoms with Crippen LogP contribution in [0.25, 0.3) is 0 Å². The van der Waals surface area contributed by atoms with E-state index in [1.807, 2.05) is 0 Å². The van der Waals surface area contributed by atoms with Crippen LogP contribution in [-0.4, -0.2) is 47.6 Å². The number of benzene rings is 1. The van der Waals surface area contributed by atoms with Gasteiger partial charge in [0.25, 0.3) is 0 Å². The Kier molecular flexibility index (Phi) is 4.96. The molecule has 1 aromatic rings. The first kappa shape index (κ1) is 14.5. The molecule has 1 fully saturated rings. The van der Waals surface area contributed by atoms with Crippen molar-refractivity contribution < 1.29 is 4.39 Å². The van der Waals surface area contributed by atoms with Gasteiger partial charge in [-0.05, 0) is 37.0 Å². The van der Waals surface area contributed by atoms with Gasteiger partial charge in [-0.25, -0.2) is 4.39 Å². The number of likely N-dealkylation sites (N-methyl/N-ethyl adjacent to an activating group) is 1. The van der Waals surface area contributed by atoms with Crippen LogP contribution in [0.5, 0.6) is 0 Å². The Morgan fingerprint density at radius 2 is 2.05 bits per heavy atom. The Labute approximate surface area is 123 Å². The van der Waals surface area contributed by atoms with E-state index in [0.29, 0.717) is 10.8 Å². The molecule has 1 N–H and O–H groups in total. The predicted octanol–water partition coefficient (Wildman–Crippen LogP) is 2.81. The highest BCUT2D eigenvalue weighted by Gasteiger charge is 2.17. The predicted molar refractivity (Wildman–Crippen MR) is 81.3 cm³/mol. The van der Waals surface area contributed by atoms with Crippen molar-refractivity contribution in [2.24, 2.45) is 0 Å². The molecule has 1 saturated heterocycles. The second kappa shape index (κ2) is 6.50. The highest BCUT2D eigenvalue weighted by molar-refractivity contribution is 7.80. The SMILES string of the molecule is CCN1CCN(C(=S)Nc2ccc(Cl)c(F)c2)CC1. The van der Waals surface area contributed by atoms with Gasteiger partial charge < -0.3 is 15.1 Å². The molecule has 0 spiro atoms. The Morgan fingerprint density at radius 1 is 1.37 bits per heavy atom. The number of nitrogens with zero attached hydrogens (tertiary/aromatic N) is 2. The minimum atomic E-state index is -0.440. The van der Waals surface area contributed by atoms with E-state index in [2.05, 4.69) is 22.0 Å². The fourth-order valence-electron chi connectivity index (χ4n) is 2.04. The van der Waals surface area contributed by atoms with Crippen molar-refractivity contribution >= 4 is 34.6 Å². The number of rotatable bonds is 2.